The molecule has 1 atom stereocenters. The number of nitrogens with two attached hydrogens (primary N) is 1. The normalized spacial score (nSPS) is 13.1. The van der Waals surface area contributed by atoms with Crippen molar-refractivity contribution in [2.24, 2.45) is 12.9 Å². The lowest BCUT2D eigenvalue weighted by Crippen LogP contribution is -2.32. The number of nitrogens with one attached hydrogen (secondary N) is 1. The molecule has 0 aliphatic carbocycles. The highest BCUT2D eigenvalue weighted by Crippen LogP contribution is 2.22. The summed E-state index contributed by atoms with van der Waals surface area (Å²) in [5.74, 6) is 5.61. The van der Waals surface area contributed by atoms with Gasteiger partial charge in [-0.1, -0.05) is 25.1 Å². The van der Waals surface area contributed by atoms with Gasteiger partial charge in [0.1, 0.15) is 0 Å². The number of aromatic nitrogens is 2. The van der Waals surface area contributed by atoms with E-state index in [1.807, 2.05) is 29.9 Å². The molecule has 1 unspecified atom stereocenters. The van der Waals surface area contributed by atoms with Crippen molar-refractivity contribution in [2.75, 3.05) is 13.2 Å². The largest absolute Gasteiger partial charge is 0.379 e. The van der Waals surface area contributed by atoms with Gasteiger partial charge in [-0.15, -0.1) is 0 Å². The summed E-state index contributed by atoms with van der Waals surface area (Å²) >= 11 is 0. The molecule has 0 amide bonds. The average molecular weight is 248 g/mol. The minimum absolute atomic E-state index is 0.0809. The molecule has 0 fully saturated rings. The van der Waals surface area contributed by atoms with Crippen LogP contribution in [0.15, 0.2) is 24.3 Å². The van der Waals surface area contributed by atoms with Gasteiger partial charge in [-0.2, -0.15) is 5.10 Å². The van der Waals surface area contributed by atoms with Crippen LogP contribution in [0.3, 0.4) is 0 Å². The molecular formula is C13H20N4O. The molecule has 98 valence electrons. The fourth-order valence-corrected chi connectivity index (χ4v) is 2.05. The van der Waals surface area contributed by atoms with E-state index in [2.05, 4.69) is 23.5 Å². The summed E-state index contributed by atoms with van der Waals surface area (Å²) in [6.07, 6.45) is 1.00. The number of fused-ring (bicyclic) bond motifs is 1. The van der Waals surface area contributed by atoms with E-state index < -0.39 is 0 Å². The van der Waals surface area contributed by atoms with Gasteiger partial charge in [-0.05, 0) is 12.5 Å². The predicted octanol–water partition coefficient (Wildman–Crippen LogP) is 1.50. The molecule has 0 saturated heterocycles. The van der Waals surface area contributed by atoms with E-state index in [0.717, 1.165) is 29.6 Å². The quantitative estimate of drug-likeness (QED) is 0.462. The Morgan fingerprint density at radius 2 is 2.22 bits per heavy atom. The summed E-state index contributed by atoms with van der Waals surface area (Å²) in [4.78, 5) is 0. The first-order valence-corrected chi connectivity index (χ1v) is 6.23. The summed E-state index contributed by atoms with van der Waals surface area (Å²) in [5, 5.41) is 5.65. The van der Waals surface area contributed by atoms with Crippen LogP contribution in [0, 0.1) is 0 Å². The van der Waals surface area contributed by atoms with Gasteiger partial charge in [0.25, 0.3) is 0 Å². The van der Waals surface area contributed by atoms with Crippen LogP contribution in [0.25, 0.3) is 10.9 Å². The summed E-state index contributed by atoms with van der Waals surface area (Å²) in [6, 6.07) is 8.04. The molecule has 3 N–H and O–H groups in total. The monoisotopic (exact) mass is 248 g/mol. The van der Waals surface area contributed by atoms with Crippen LogP contribution in [0.1, 0.15) is 25.1 Å². The molecule has 0 aliphatic heterocycles. The zero-order chi connectivity index (χ0) is 13.0. The van der Waals surface area contributed by atoms with Crippen LogP contribution in [-0.2, 0) is 11.8 Å². The Morgan fingerprint density at radius 1 is 1.44 bits per heavy atom. The Labute approximate surface area is 107 Å². The fourth-order valence-electron chi connectivity index (χ4n) is 2.05. The zero-order valence-corrected chi connectivity index (χ0v) is 10.9. The van der Waals surface area contributed by atoms with Gasteiger partial charge < -0.3 is 4.74 Å². The van der Waals surface area contributed by atoms with Crippen molar-refractivity contribution in [3.8, 4) is 0 Å². The highest BCUT2D eigenvalue weighted by atomic mass is 16.5. The number of benzene rings is 1. The fraction of sp³-hybridized carbons (Fsp3) is 0.462. The molecule has 0 spiro atoms. The van der Waals surface area contributed by atoms with Crippen molar-refractivity contribution in [3.63, 3.8) is 0 Å². The summed E-state index contributed by atoms with van der Waals surface area (Å²) < 4.78 is 7.43. The molecule has 5 heteroatoms. The second kappa shape index (κ2) is 5.95. The standard InChI is InChI=1S/C13H20N4O/c1-3-8-18-9-11(15-14)13-10-6-4-5-7-12(10)17(2)16-13/h4-7,11,15H,3,8-9,14H2,1-2H3. The van der Waals surface area contributed by atoms with Crippen LogP contribution in [0.5, 0.6) is 0 Å². The maximum absolute atomic E-state index is 5.61. The molecule has 0 saturated carbocycles. The number of aryl methyl sites for hydroxylation is 1. The van der Waals surface area contributed by atoms with E-state index >= 15 is 0 Å². The number of hydrazine groups is 1. The first-order chi connectivity index (χ1) is 8.77. The second-order valence-corrected chi connectivity index (χ2v) is 4.32. The summed E-state index contributed by atoms with van der Waals surface area (Å²) in [5.41, 5.74) is 4.82. The molecular weight excluding hydrogens is 228 g/mol. The lowest BCUT2D eigenvalue weighted by molar-refractivity contribution is 0.111. The van der Waals surface area contributed by atoms with Crippen molar-refractivity contribution in [3.05, 3.63) is 30.0 Å². The van der Waals surface area contributed by atoms with Crippen molar-refractivity contribution in [1.82, 2.24) is 15.2 Å². The van der Waals surface area contributed by atoms with Gasteiger partial charge in [0.2, 0.25) is 0 Å². The van der Waals surface area contributed by atoms with Crippen LogP contribution < -0.4 is 11.3 Å². The summed E-state index contributed by atoms with van der Waals surface area (Å²) in [7, 11) is 1.94. The topological polar surface area (TPSA) is 65.1 Å². The maximum atomic E-state index is 5.61. The third kappa shape index (κ3) is 2.53. The van der Waals surface area contributed by atoms with Crippen molar-refractivity contribution in [2.45, 2.75) is 19.4 Å². The van der Waals surface area contributed by atoms with E-state index in [1.165, 1.54) is 0 Å². The zero-order valence-electron chi connectivity index (χ0n) is 10.9. The molecule has 0 aliphatic rings. The van der Waals surface area contributed by atoms with E-state index in [1.54, 1.807) is 0 Å². The Morgan fingerprint density at radius 3 is 2.94 bits per heavy atom. The smallest absolute Gasteiger partial charge is 0.0909 e. The van der Waals surface area contributed by atoms with Crippen LogP contribution in [0.4, 0.5) is 0 Å². The third-order valence-corrected chi connectivity index (χ3v) is 2.95. The van der Waals surface area contributed by atoms with E-state index in [-0.39, 0.29) is 6.04 Å². The lowest BCUT2D eigenvalue weighted by Gasteiger charge is -2.14. The summed E-state index contributed by atoms with van der Waals surface area (Å²) in [6.45, 7) is 3.36. The highest BCUT2D eigenvalue weighted by molar-refractivity contribution is 5.82. The van der Waals surface area contributed by atoms with Gasteiger partial charge in [-0.25, -0.2) is 5.43 Å². The minimum Gasteiger partial charge on any atom is -0.379 e. The van der Waals surface area contributed by atoms with Crippen molar-refractivity contribution in [1.29, 1.82) is 0 Å². The molecule has 0 bridgehead atoms. The third-order valence-electron chi connectivity index (χ3n) is 2.95. The highest BCUT2D eigenvalue weighted by Gasteiger charge is 2.17. The van der Waals surface area contributed by atoms with Crippen LogP contribution in [-0.4, -0.2) is 23.0 Å². The van der Waals surface area contributed by atoms with Gasteiger partial charge in [0, 0.05) is 19.0 Å². The van der Waals surface area contributed by atoms with Gasteiger partial charge in [0.15, 0.2) is 0 Å². The predicted molar refractivity (Wildman–Crippen MR) is 71.9 cm³/mol. The van der Waals surface area contributed by atoms with Gasteiger partial charge >= 0.3 is 0 Å². The van der Waals surface area contributed by atoms with Crippen molar-refractivity contribution >= 4 is 10.9 Å². The maximum Gasteiger partial charge on any atom is 0.0909 e. The number of hydrogen-bond acceptors (Lipinski definition) is 4. The molecule has 2 aromatic rings. The Bertz CT molecular complexity index is 509. The SMILES string of the molecule is CCCOCC(NN)c1nn(C)c2ccccc12. The number of nitrogens with zero attached hydrogens (tertiary/aromatic N) is 2. The van der Waals surface area contributed by atoms with Crippen LogP contribution >= 0.6 is 0 Å². The van der Waals surface area contributed by atoms with Crippen molar-refractivity contribution < 1.29 is 4.74 Å². The Kier molecular flexibility index (Phi) is 4.30. The second-order valence-electron chi connectivity index (χ2n) is 4.32. The number of hydrogen-bond donors (Lipinski definition) is 2. The Balaban J connectivity index is 2.27. The Hall–Kier alpha value is -1.43. The van der Waals surface area contributed by atoms with Gasteiger partial charge in [-0.3, -0.25) is 10.5 Å². The molecule has 0 radical (unpaired) electrons. The van der Waals surface area contributed by atoms with E-state index in [4.69, 9.17) is 10.6 Å². The molecule has 1 heterocycles. The van der Waals surface area contributed by atoms with Crippen LogP contribution in [0.2, 0.25) is 0 Å². The molecule has 5 nitrogen and oxygen atoms in total. The molecule has 1 aromatic carbocycles. The molecule has 1 aromatic heterocycles. The first kappa shape index (κ1) is 13.0. The number of para-hydroxylation sites is 1. The molecule has 18 heavy (non-hydrogen) atoms. The van der Waals surface area contributed by atoms with E-state index in [9.17, 15) is 0 Å². The van der Waals surface area contributed by atoms with Gasteiger partial charge in [0.05, 0.1) is 23.9 Å². The molecule has 2 rings (SSSR count). The van der Waals surface area contributed by atoms with E-state index in [0.29, 0.717) is 6.61 Å². The minimum atomic E-state index is -0.0809. The number of ether oxygens (including phenoxy) is 1. The average Bonchev–Trinajstić information content (AvgIpc) is 2.73. The first-order valence-electron chi connectivity index (χ1n) is 6.23. The number of rotatable bonds is 6. The lowest BCUT2D eigenvalue weighted by atomic mass is 10.1.